The lowest BCUT2D eigenvalue weighted by molar-refractivity contribution is -0.384. The quantitative estimate of drug-likeness (QED) is 0.0827. The van der Waals surface area contributed by atoms with Crippen LogP contribution in [0, 0.1) is 41.9 Å². The fraction of sp³-hybridized carbons (Fsp3) is 0.185. The highest BCUT2D eigenvalue weighted by molar-refractivity contribution is 5.73. The Hall–Kier alpha value is -4.70. The number of rotatable bonds is 10. The van der Waals surface area contributed by atoms with Gasteiger partial charge in [-0.2, -0.15) is 5.26 Å². The number of nitrogens with zero attached hydrogens (tertiary/aromatic N) is 3. The maximum absolute atomic E-state index is 11.9. The van der Waals surface area contributed by atoms with E-state index in [0.29, 0.717) is 28.4 Å². The Morgan fingerprint density at radius 2 is 1.86 bits per heavy atom. The Bertz CT molecular complexity index is 1350. The molecule has 9 heteroatoms. The number of nitriles is 1. The minimum atomic E-state index is -0.480. The van der Waals surface area contributed by atoms with E-state index in [1.807, 2.05) is 32.0 Å². The number of hydrogen-bond donors (Lipinski definition) is 1. The summed E-state index contributed by atoms with van der Waals surface area (Å²) in [6.45, 7) is 10.9. The summed E-state index contributed by atoms with van der Waals surface area (Å²) in [7, 11) is 1.49. The SMILES string of the molecule is [C-]#[N+]c1ccc(Nc2cc(Oc3c(C)cc(/C=C/C#N)cc3C)c(COCOC)cc2[N+](=O)[O-])cc1. The van der Waals surface area contributed by atoms with E-state index >= 15 is 0 Å². The van der Waals surface area contributed by atoms with Gasteiger partial charge in [0.25, 0.3) is 5.69 Å². The topological polar surface area (TPSA) is 111 Å². The Morgan fingerprint density at radius 1 is 1.17 bits per heavy atom. The molecule has 0 heterocycles. The monoisotopic (exact) mass is 484 g/mol. The van der Waals surface area contributed by atoms with Crippen LogP contribution in [-0.2, 0) is 16.1 Å². The molecule has 0 bridgehead atoms. The second kappa shape index (κ2) is 12.1. The third-order valence-corrected chi connectivity index (χ3v) is 5.15. The van der Waals surface area contributed by atoms with Crippen LogP contribution in [0.4, 0.5) is 22.7 Å². The molecular formula is C27H24N4O5. The molecule has 182 valence electrons. The van der Waals surface area contributed by atoms with Crippen molar-refractivity contribution in [2.24, 2.45) is 0 Å². The molecule has 0 atom stereocenters. The van der Waals surface area contributed by atoms with Gasteiger partial charge in [-0.15, -0.1) is 0 Å². The molecule has 0 aliphatic carbocycles. The van der Waals surface area contributed by atoms with Crippen LogP contribution in [0.1, 0.15) is 22.3 Å². The Balaban J connectivity index is 2.06. The van der Waals surface area contributed by atoms with Crippen LogP contribution in [0.2, 0.25) is 0 Å². The summed E-state index contributed by atoms with van der Waals surface area (Å²) in [5.74, 6) is 0.974. The van der Waals surface area contributed by atoms with Crippen molar-refractivity contribution in [1.82, 2.24) is 0 Å². The first-order chi connectivity index (χ1) is 17.4. The molecule has 0 aliphatic rings. The van der Waals surface area contributed by atoms with Crippen molar-refractivity contribution in [3.8, 4) is 17.6 Å². The van der Waals surface area contributed by atoms with E-state index in [0.717, 1.165) is 16.7 Å². The molecule has 0 saturated heterocycles. The fourth-order valence-corrected chi connectivity index (χ4v) is 3.56. The average Bonchev–Trinajstić information content (AvgIpc) is 2.86. The molecule has 0 radical (unpaired) electrons. The maximum Gasteiger partial charge on any atom is 0.293 e. The van der Waals surface area contributed by atoms with Gasteiger partial charge in [0.05, 0.1) is 24.2 Å². The first kappa shape index (κ1) is 25.9. The highest BCUT2D eigenvalue weighted by Crippen LogP contribution is 2.39. The molecule has 0 saturated carbocycles. The zero-order valence-corrected chi connectivity index (χ0v) is 20.1. The molecular weight excluding hydrogens is 460 g/mol. The number of allylic oxidation sites excluding steroid dienone is 1. The molecule has 36 heavy (non-hydrogen) atoms. The van der Waals surface area contributed by atoms with E-state index in [1.54, 1.807) is 36.4 Å². The van der Waals surface area contributed by atoms with Gasteiger partial charge >= 0.3 is 0 Å². The number of nitro groups is 1. The van der Waals surface area contributed by atoms with E-state index in [-0.39, 0.29) is 24.8 Å². The minimum absolute atomic E-state index is 0.0125. The number of benzene rings is 3. The summed E-state index contributed by atoms with van der Waals surface area (Å²) >= 11 is 0. The van der Waals surface area contributed by atoms with E-state index in [9.17, 15) is 10.1 Å². The van der Waals surface area contributed by atoms with Crippen molar-refractivity contribution in [1.29, 1.82) is 5.26 Å². The fourth-order valence-electron chi connectivity index (χ4n) is 3.56. The Kier molecular flexibility index (Phi) is 8.73. The number of ether oxygens (including phenoxy) is 3. The number of nitrogens with one attached hydrogen (secondary N) is 1. The standard InChI is InChI=1S/C27H24N4O5/c1-18-12-20(6-5-11-28)13-19(2)27(18)36-26-15-24(30-23-9-7-22(29-3)8-10-23)25(31(32)33)14-21(26)16-35-17-34-4/h5-10,12-15,30H,16-17H2,1-2,4H3/b6-5+. The molecule has 0 aromatic heterocycles. The number of nitro benzene ring substituents is 1. The number of hydrogen-bond acceptors (Lipinski definition) is 7. The van der Waals surface area contributed by atoms with E-state index in [2.05, 4.69) is 10.2 Å². The highest BCUT2D eigenvalue weighted by Gasteiger charge is 2.21. The summed E-state index contributed by atoms with van der Waals surface area (Å²) in [4.78, 5) is 14.8. The van der Waals surface area contributed by atoms with E-state index in [4.69, 9.17) is 26.0 Å². The highest BCUT2D eigenvalue weighted by atomic mass is 16.7. The van der Waals surface area contributed by atoms with Crippen LogP contribution in [0.5, 0.6) is 11.5 Å². The number of methoxy groups -OCH3 is 1. The molecule has 0 spiro atoms. The van der Waals surface area contributed by atoms with Gasteiger partial charge < -0.3 is 19.5 Å². The first-order valence-electron chi connectivity index (χ1n) is 10.8. The van der Waals surface area contributed by atoms with Gasteiger partial charge in [-0.3, -0.25) is 10.1 Å². The molecule has 0 aliphatic heterocycles. The first-order valence-corrected chi connectivity index (χ1v) is 10.8. The van der Waals surface area contributed by atoms with Crippen LogP contribution < -0.4 is 10.1 Å². The number of aryl methyl sites for hydroxylation is 2. The summed E-state index contributed by atoms with van der Waals surface area (Å²) < 4.78 is 16.7. The molecule has 3 aromatic rings. The number of anilines is 2. The summed E-state index contributed by atoms with van der Waals surface area (Å²) in [6.07, 6.45) is 3.11. The van der Waals surface area contributed by atoms with Crippen molar-refractivity contribution >= 4 is 28.8 Å². The van der Waals surface area contributed by atoms with Crippen molar-refractivity contribution < 1.29 is 19.1 Å². The maximum atomic E-state index is 11.9. The zero-order valence-electron chi connectivity index (χ0n) is 20.1. The van der Waals surface area contributed by atoms with Gasteiger partial charge in [-0.25, -0.2) is 4.85 Å². The van der Waals surface area contributed by atoms with Gasteiger partial charge in [0.15, 0.2) is 5.69 Å². The van der Waals surface area contributed by atoms with Crippen LogP contribution in [-0.4, -0.2) is 18.8 Å². The van der Waals surface area contributed by atoms with Crippen molar-refractivity contribution in [2.45, 2.75) is 20.5 Å². The van der Waals surface area contributed by atoms with E-state index < -0.39 is 4.92 Å². The van der Waals surface area contributed by atoms with Crippen molar-refractivity contribution in [3.63, 3.8) is 0 Å². The predicted octanol–water partition coefficient (Wildman–Crippen LogP) is 6.96. The summed E-state index contributed by atoms with van der Waals surface area (Å²) in [6, 6.07) is 15.3. The second-order valence-corrected chi connectivity index (χ2v) is 7.82. The molecule has 9 nitrogen and oxygen atoms in total. The smallest absolute Gasteiger partial charge is 0.293 e. The second-order valence-electron chi connectivity index (χ2n) is 7.82. The third-order valence-electron chi connectivity index (χ3n) is 5.15. The lowest BCUT2D eigenvalue weighted by atomic mass is 10.0. The summed E-state index contributed by atoms with van der Waals surface area (Å²) in [5, 5.41) is 23.7. The average molecular weight is 485 g/mol. The van der Waals surface area contributed by atoms with Gasteiger partial charge in [0.1, 0.15) is 24.0 Å². The van der Waals surface area contributed by atoms with Crippen LogP contribution >= 0.6 is 0 Å². The van der Waals surface area contributed by atoms with Gasteiger partial charge in [-0.05, 0) is 60.9 Å². The zero-order chi connectivity index (χ0) is 26.1. The largest absolute Gasteiger partial charge is 0.456 e. The van der Waals surface area contributed by atoms with Crippen LogP contribution in [0.15, 0.2) is 54.6 Å². The normalized spacial score (nSPS) is 10.6. The molecule has 0 fully saturated rings. The molecule has 3 aromatic carbocycles. The summed E-state index contributed by atoms with van der Waals surface area (Å²) in [5.41, 5.74) is 4.11. The minimum Gasteiger partial charge on any atom is -0.456 e. The van der Waals surface area contributed by atoms with Crippen LogP contribution in [0.3, 0.4) is 0 Å². The Labute approximate surface area is 209 Å². The van der Waals surface area contributed by atoms with Gasteiger partial charge in [-0.1, -0.05) is 12.1 Å². The predicted molar refractivity (Wildman–Crippen MR) is 136 cm³/mol. The van der Waals surface area contributed by atoms with Gasteiger partial charge in [0.2, 0.25) is 0 Å². The lowest BCUT2D eigenvalue weighted by Crippen LogP contribution is -2.04. The van der Waals surface area contributed by atoms with Crippen LogP contribution in [0.25, 0.3) is 10.9 Å². The third kappa shape index (κ3) is 6.45. The molecule has 3 rings (SSSR count). The molecule has 1 N–H and O–H groups in total. The molecule has 0 amide bonds. The lowest BCUT2D eigenvalue weighted by Gasteiger charge is -2.18. The van der Waals surface area contributed by atoms with E-state index in [1.165, 1.54) is 19.3 Å². The van der Waals surface area contributed by atoms with Gasteiger partial charge in [0, 0.05) is 36.6 Å². The Morgan fingerprint density at radius 3 is 2.44 bits per heavy atom. The molecule has 0 unspecified atom stereocenters. The van der Waals surface area contributed by atoms with Crippen molar-refractivity contribution in [2.75, 3.05) is 19.2 Å². The van der Waals surface area contributed by atoms with Crippen molar-refractivity contribution in [3.05, 3.63) is 98.4 Å².